The Morgan fingerprint density at radius 2 is 1.81 bits per heavy atom. The van der Waals surface area contributed by atoms with E-state index in [9.17, 15) is 9.59 Å². The number of nitrogens with one attached hydrogen (secondary N) is 1. The Labute approximate surface area is 219 Å². The molecule has 0 fully saturated rings. The standard InChI is InChI=1S/C30H40N2O5/c1-4-5-6-7-8-9-10-11-12-28(34)32-18-17-24-25-19-22(35-3)13-15-26(25)31-29(24)30(32)27-16-14-23(37-27)20-36-21(2)33/h13-16,19,30-31H,4-12,17-18,20H2,1-3H3/t30-/m1/s1. The number of rotatable bonds is 13. The van der Waals surface area contributed by atoms with E-state index in [1.54, 1.807) is 7.11 Å². The summed E-state index contributed by atoms with van der Waals surface area (Å²) in [6, 6.07) is 9.36. The van der Waals surface area contributed by atoms with Crippen molar-refractivity contribution in [1.82, 2.24) is 9.88 Å². The van der Waals surface area contributed by atoms with Crippen molar-refractivity contribution in [3.8, 4) is 5.75 Å². The summed E-state index contributed by atoms with van der Waals surface area (Å²) in [6.45, 7) is 4.31. The number of esters is 1. The van der Waals surface area contributed by atoms with Crippen molar-refractivity contribution in [2.24, 2.45) is 0 Å². The van der Waals surface area contributed by atoms with Gasteiger partial charge in [0.15, 0.2) is 0 Å². The molecule has 0 saturated carbocycles. The smallest absolute Gasteiger partial charge is 0.303 e. The molecule has 37 heavy (non-hydrogen) atoms. The van der Waals surface area contributed by atoms with Crippen molar-refractivity contribution in [2.45, 2.75) is 90.7 Å². The number of carbonyl (C=O) groups excluding carboxylic acids is 2. The predicted molar refractivity (Wildman–Crippen MR) is 144 cm³/mol. The van der Waals surface area contributed by atoms with Crippen molar-refractivity contribution < 1.29 is 23.5 Å². The average Bonchev–Trinajstić information content (AvgIpc) is 3.52. The van der Waals surface area contributed by atoms with Gasteiger partial charge in [0.25, 0.3) is 0 Å². The minimum absolute atomic E-state index is 0.0744. The molecule has 1 atom stereocenters. The number of aromatic nitrogens is 1. The Kier molecular flexibility index (Phi) is 9.31. The third-order valence-corrected chi connectivity index (χ3v) is 7.27. The number of fused-ring (bicyclic) bond motifs is 3. The third kappa shape index (κ3) is 6.56. The number of hydrogen-bond donors (Lipinski definition) is 1. The second-order valence-electron chi connectivity index (χ2n) is 9.98. The number of furan rings is 1. The lowest BCUT2D eigenvalue weighted by atomic mass is 9.95. The van der Waals surface area contributed by atoms with Crippen LogP contribution in [0.2, 0.25) is 0 Å². The number of aromatic amines is 1. The van der Waals surface area contributed by atoms with Gasteiger partial charge in [-0.15, -0.1) is 0 Å². The molecular formula is C30H40N2O5. The number of carbonyl (C=O) groups is 2. The fraction of sp³-hybridized carbons (Fsp3) is 0.533. The molecule has 4 rings (SSSR count). The summed E-state index contributed by atoms with van der Waals surface area (Å²) >= 11 is 0. The number of methoxy groups -OCH3 is 1. The second kappa shape index (κ2) is 12.8. The molecule has 200 valence electrons. The number of ether oxygens (including phenoxy) is 2. The molecule has 0 radical (unpaired) electrons. The normalized spacial score (nSPS) is 15.1. The van der Waals surface area contributed by atoms with Gasteiger partial charge < -0.3 is 23.8 Å². The van der Waals surface area contributed by atoms with Crippen LogP contribution < -0.4 is 4.74 Å². The van der Waals surface area contributed by atoms with Crippen LogP contribution >= 0.6 is 0 Å². The van der Waals surface area contributed by atoms with Crippen LogP contribution in [0.3, 0.4) is 0 Å². The maximum absolute atomic E-state index is 13.5. The van der Waals surface area contributed by atoms with Crippen LogP contribution in [-0.4, -0.2) is 35.4 Å². The van der Waals surface area contributed by atoms with Gasteiger partial charge in [-0.1, -0.05) is 51.9 Å². The Hall–Kier alpha value is -3.22. The number of hydrogen-bond acceptors (Lipinski definition) is 5. The fourth-order valence-corrected chi connectivity index (χ4v) is 5.30. The number of H-pyrrole nitrogens is 1. The molecule has 1 N–H and O–H groups in total. The molecule has 1 aromatic carbocycles. The quantitative estimate of drug-likeness (QED) is 0.202. The van der Waals surface area contributed by atoms with E-state index in [0.717, 1.165) is 41.6 Å². The highest BCUT2D eigenvalue weighted by molar-refractivity contribution is 5.87. The summed E-state index contributed by atoms with van der Waals surface area (Å²) in [6.07, 6.45) is 10.9. The van der Waals surface area contributed by atoms with Gasteiger partial charge in [0, 0.05) is 30.8 Å². The Morgan fingerprint density at radius 1 is 1.05 bits per heavy atom. The zero-order chi connectivity index (χ0) is 26.2. The van der Waals surface area contributed by atoms with Gasteiger partial charge in [-0.05, 0) is 48.7 Å². The Bertz CT molecular complexity index is 1190. The Morgan fingerprint density at radius 3 is 2.54 bits per heavy atom. The van der Waals surface area contributed by atoms with E-state index in [4.69, 9.17) is 13.9 Å². The first-order valence-corrected chi connectivity index (χ1v) is 13.7. The monoisotopic (exact) mass is 508 g/mol. The highest BCUT2D eigenvalue weighted by atomic mass is 16.5. The van der Waals surface area contributed by atoms with Crippen LogP contribution in [0.15, 0.2) is 34.7 Å². The molecule has 7 heteroatoms. The first-order valence-electron chi connectivity index (χ1n) is 13.7. The molecule has 2 aromatic heterocycles. The lowest BCUT2D eigenvalue weighted by Gasteiger charge is -2.35. The number of nitrogens with zero attached hydrogens (tertiary/aromatic N) is 1. The molecule has 3 aromatic rings. The lowest BCUT2D eigenvalue weighted by molar-refractivity contribution is -0.142. The minimum atomic E-state index is -0.357. The largest absolute Gasteiger partial charge is 0.497 e. The topological polar surface area (TPSA) is 84.8 Å². The predicted octanol–water partition coefficient (Wildman–Crippen LogP) is 6.84. The molecule has 3 heterocycles. The van der Waals surface area contributed by atoms with Crippen LogP contribution in [0.5, 0.6) is 5.75 Å². The Balaban J connectivity index is 1.52. The molecule has 0 bridgehead atoms. The number of benzene rings is 1. The van der Waals surface area contributed by atoms with Crippen LogP contribution in [0.1, 0.15) is 100 Å². The van der Waals surface area contributed by atoms with Crippen LogP contribution in [-0.2, 0) is 27.4 Å². The molecule has 0 saturated heterocycles. The SMILES string of the molecule is CCCCCCCCCCC(=O)N1CCc2c([nH]c3ccc(OC)cc23)[C@H]1c1ccc(COC(C)=O)o1. The summed E-state index contributed by atoms with van der Waals surface area (Å²) in [5.41, 5.74) is 3.18. The van der Waals surface area contributed by atoms with Gasteiger partial charge in [0.05, 0.1) is 12.8 Å². The van der Waals surface area contributed by atoms with Crippen LogP contribution in [0.4, 0.5) is 0 Å². The van der Waals surface area contributed by atoms with Gasteiger partial charge >= 0.3 is 5.97 Å². The van der Waals surface area contributed by atoms with E-state index < -0.39 is 0 Å². The van der Waals surface area contributed by atoms with Crippen molar-refractivity contribution >= 4 is 22.8 Å². The summed E-state index contributed by atoms with van der Waals surface area (Å²) < 4.78 is 16.7. The second-order valence-corrected chi connectivity index (χ2v) is 9.98. The highest BCUT2D eigenvalue weighted by Crippen LogP contribution is 2.40. The molecule has 0 aliphatic carbocycles. The number of amides is 1. The van der Waals surface area contributed by atoms with Crippen LogP contribution in [0.25, 0.3) is 10.9 Å². The molecule has 0 spiro atoms. The summed E-state index contributed by atoms with van der Waals surface area (Å²) in [7, 11) is 1.67. The van der Waals surface area contributed by atoms with E-state index in [1.807, 2.05) is 35.2 Å². The van der Waals surface area contributed by atoms with Gasteiger partial charge in [-0.2, -0.15) is 0 Å². The van der Waals surface area contributed by atoms with Crippen molar-refractivity contribution in [3.63, 3.8) is 0 Å². The third-order valence-electron chi connectivity index (χ3n) is 7.27. The molecule has 1 aliphatic rings. The van der Waals surface area contributed by atoms with Crippen molar-refractivity contribution in [2.75, 3.05) is 13.7 Å². The van der Waals surface area contributed by atoms with Crippen LogP contribution in [0, 0.1) is 0 Å². The van der Waals surface area contributed by atoms with E-state index in [1.165, 1.54) is 51.0 Å². The maximum atomic E-state index is 13.5. The summed E-state index contributed by atoms with van der Waals surface area (Å²) in [5, 5.41) is 1.11. The maximum Gasteiger partial charge on any atom is 0.303 e. The first-order chi connectivity index (χ1) is 18.0. The van der Waals surface area contributed by atoms with E-state index >= 15 is 0 Å². The molecule has 1 amide bonds. The minimum Gasteiger partial charge on any atom is -0.497 e. The van der Waals surface area contributed by atoms with E-state index in [2.05, 4.69) is 11.9 Å². The zero-order valence-corrected chi connectivity index (χ0v) is 22.4. The summed E-state index contributed by atoms with van der Waals surface area (Å²) in [4.78, 5) is 30.3. The lowest BCUT2D eigenvalue weighted by Crippen LogP contribution is -2.40. The van der Waals surface area contributed by atoms with Gasteiger partial charge in [0.2, 0.25) is 5.91 Å². The van der Waals surface area contributed by atoms with Gasteiger partial charge in [-0.25, -0.2) is 0 Å². The molecule has 1 aliphatic heterocycles. The molecule has 7 nitrogen and oxygen atoms in total. The van der Waals surface area contributed by atoms with E-state index in [-0.39, 0.29) is 24.5 Å². The zero-order valence-electron chi connectivity index (χ0n) is 22.4. The highest BCUT2D eigenvalue weighted by Gasteiger charge is 2.36. The average molecular weight is 509 g/mol. The first kappa shape index (κ1) is 26.8. The summed E-state index contributed by atoms with van der Waals surface area (Å²) in [5.74, 6) is 1.83. The van der Waals surface area contributed by atoms with Gasteiger partial charge in [0.1, 0.15) is 29.9 Å². The van der Waals surface area contributed by atoms with Crippen molar-refractivity contribution in [3.05, 3.63) is 53.1 Å². The fourth-order valence-electron chi connectivity index (χ4n) is 5.30. The van der Waals surface area contributed by atoms with Crippen molar-refractivity contribution in [1.29, 1.82) is 0 Å². The molecule has 0 unspecified atom stereocenters. The van der Waals surface area contributed by atoms with E-state index in [0.29, 0.717) is 24.5 Å². The molecular weight excluding hydrogens is 468 g/mol. The van der Waals surface area contributed by atoms with Gasteiger partial charge in [-0.3, -0.25) is 9.59 Å². The number of unbranched alkanes of at least 4 members (excludes halogenated alkanes) is 7.